The normalized spacial score (nSPS) is 10.4. The Labute approximate surface area is 94.0 Å². The van der Waals surface area contributed by atoms with Crippen LogP contribution in [0.25, 0.3) is 11.4 Å². The molecule has 5 heteroatoms. The summed E-state index contributed by atoms with van der Waals surface area (Å²) in [7, 11) is 1.64. The highest BCUT2D eigenvalue weighted by molar-refractivity contribution is 5.55. The molecule has 0 aliphatic heterocycles. The number of aryl methyl sites for hydroxylation is 1. The molecule has 2 rings (SSSR count). The summed E-state index contributed by atoms with van der Waals surface area (Å²) >= 11 is 0. The van der Waals surface area contributed by atoms with Crippen molar-refractivity contribution >= 4 is 0 Å². The number of benzene rings is 1. The van der Waals surface area contributed by atoms with Crippen LogP contribution in [0.3, 0.4) is 0 Å². The van der Waals surface area contributed by atoms with Gasteiger partial charge in [-0.05, 0) is 35.9 Å². The molecular formula is C11H14N4O. The zero-order valence-corrected chi connectivity index (χ0v) is 9.42. The Morgan fingerprint density at radius 2 is 2.00 bits per heavy atom. The van der Waals surface area contributed by atoms with E-state index in [-0.39, 0.29) is 0 Å². The highest BCUT2D eigenvalue weighted by atomic mass is 16.5. The molecule has 0 radical (unpaired) electrons. The van der Waals surface area contributed by atoms with Gasteiger partial charge in [0.05, 0.1) is 13.7 Å². The van der Waals surface area contributed by atoms with Gasteiger partial charge in [-0.3, -0.25) is 0 Å². The van der Waals surface area contributed by atoms with Gasteiger partial charge in [0.15, 0.2) is 0 Å². The van der Waals surface area contributed by atoms with Crippen molar-refractivity contribution in [1.29, 1.82) is 0 Å². The second kappa shape index (κ2) is 4.74. The first-order valence-electron chi connectivity index (χ1n) is 5.25. The van der Waals surface area contributed by atoms with Gasteiger partial charge in [-0.25, -0.2) is 0 Å². The number of methoxy groups -OCH3 is 1. The van der Waals surface area contributed by atoms with E-state index in [1.54, 1.807) is 11.9 Å². The summed E-state index contributed by atoms with van der Waals surface area (Å²) in [4.78, 5) is 1.61. The summed E-state index contributed by atoms with van der Waals surface area (Å²) in [5.41, 5.74) is 0.947. The lowest BCUT2D eigenvalue weighted by molar-refractivity contribution is 0.415. The maximum absolute atomic E-state index is 5.09. The summed E-state index contributed by atoms with van der Waals surface area (Å²) in [5, 5.41) is 12.3. The predicted molar refractivity (Wildman–Crippen MR) is 60.1 cm³/mol. The zero-order valence-electron chi connectivity index (χ0n) is 9.42. The molecule has 84 valence electrons. The smallest absolute Gasteiger partial charge is 0.204 e. The lowest BCUT2D eigenvalue weighted by Gasteiger charge is -1.99. The molecule has 0 saturated heterocycles. The van der Waals surface area contributed by atoms with E-state index in [0.29, 0.717) is 5.82 Å². The van der Waals surface area contributed by atoms with Crippen molar-refractivity contribution in [2.75, 3.05) is 7.11 Å². The van der Waals surface area contributed by atoms with Crippen LogP contribution in [0, 0.1) is 0 Å². The Balaban J connectivity index is 2.21. The molecule has 0 aliphatic carbocycles. The van der Waals surface area contributed by atoms with E-state index in [9.17, 15) is 0 Å². The van der Waals surface area contributed by atoms with Crippen LogP contribution in [0.5, 0.6) is 5.75 Å². The number of aromatic nitrogens is 4. The van der Waals surface area contributed by atoms with Crippen molar-refractivity contribution in [3.63, 3.8) is 0 Å². The van der Waals surface area contributed by atoms with Crippen LogP contribution >= 0.6 is 0 Å². The van der Waals surface area contributed by atoms with Crippen molar-refractivity contribution in [3.05, 3.63) is 24.3 Å². The first kappa shape index (κ1) is 10.6. The zero-order chi connectivity index (χ0) is 11.4. The van der Waals surface area contributed by atoms with Crippen LogP contribution in [0.15, 0.2) is 24.3 Å². The van der Waals surface area contributed by atoms with Crippen molar-refractivity contribution in [3.8, 4) is 17.1 Å². The Bertz CT molecular complexity index is 449. The van der Waals surface area contributed by atoms with Crippen molar-refractivity contribution in [2.45, 2.75) is 19.9 Å². The molecule has 0 aliphatic rings. The Hall–Kier alpha value is -1.91. The number of hydrogen-bond acceptors (Lipinski definition) is 4. The number of nitrogens with zero attached hydrogens (tertiary/aromatic N) is 4. The van der Waals surface area contributed by atoms with E-state index < -0.39 is 0 Å². The molecule has 0 N–H and O–H groups in total. The number of ether oxygens (including phenoxy) is 1. The minimum atomic E-state index is 0.649. The summed E-state index contributed by atoms with van der Waals surface area (Å²) in [6.07, 6.45) is 0.998. The van der Waals surface area contributed by atoms with Gasteiger partial charge in [0.1, 0.15) is 5.75 Å². The molecule has 0 atom stereocenters. The van der Waals surface area contributed by atoms with Crippen LogP contribution in [-0.4, -0.2) is 27.3 Å². The van der Waals surface area contributed by atoms with Gasteiger partial charge in [0.25, 0.3) is 0 Å². The Morgan fingerprint density at radius 1 is 1.25 bits per heavy atom. The lowest BCUT2D eigenvalue weighted by Crippen LogP contribution is -2.00. The third kappa shape index (κ3) is 2.18. The molecule has 2 aromatic rings. The highest BCUT2D eigenvalue weighted by Gasteiger charge is 2.05. The van der Waals surface area contributed by atoms with Crippen molar-refractivity contribution in [1.82, 2.24) is 20.2 Å². The molecule has 0 spiro atoms. The standard InChI is InChI=1S/C11H14N4O/c1-3-8-15-13-11(12-14-15)9-4-6-10(16-2)7-5-9/h4-7H,3,8H2,1-2H3. The monoisotopic (exact) mass is 218 g/mol. The van der Waals surface area contributed by atoms with Gasteiger partial charge < -0.3 is 4.74 Å². The minimum absolute atomic E-state index is 0.649. The van der Waals surface area contributed by atoms with E-state index in [0.717, 1.165) is 24.3 Å². The maximum atomic E-state index is 5.09. The predicted octanol–water partition coefficient (Wildman–Crippen LogP) is 1.76. The van der Waals surface area contributed by atoms with Crippen LogP contribution in [0.1, 0.15) is 13.3 Å². The van der Waals surface area contributed by atoms with Crippen LogP contribution in [-0.2, 0) is 6.54 Å². The second-order valence-corrected chi connectivity index (χ2v) is 3.44. The first-order chi connectivity index (χ1) is 7.83. The van der Waals surface area contributed by atoms with Gasteiger partial charge >= 0.3 is 0 Å². The average Bonchev–Trinajstić information content (AvgIpc) is 2.78. The lowest BCUT2D eigenvalue weighted by atomic mass is 10.2. The third-order valence-corrected chi connectivity index (χ3v) is 2.22. The fourth-order valence-corrected chi connectivity index (χ4v) is 1.39. The van der Waals surface area contributed by atoms with Gasteiger partial charge in [0.2, 0.25) is 5.82 Å². The molecule has 0 saturated carbocycles. The van der Waals surface area contributed by atoms with Gasteiger partial charge in [0, 0.05) is 5.56 Å². The summed E-state index contributed by atoms with van der Waals surface area (Å²) < 4.78 is 5.09. The van der Waals surface area contributed by atoms with E-state index in [2.05, 4.69) is 22.3 Å². The van der Waals surface area contributed by atoms with E-state index in [1.165, 1.54) is 0 Å². The van der Waals surface area contributed by atoms with Gasteiger partial charge in [-0.15, -0.1) is 10.2 Å². The quantitative estimate of drug-likeness (QED) is 0.784. The fourth-order valence-electron chi connectivity index (χ4n) is 1.39. The summed E-state index contributed by atoms with van der Waals surface area (Å²) in [5.74, 6) is 1.47. The van der Waals surface area contributed by atoms with Crippen molar-refractivity contribution in [2.24, 2.45) is 0 Å². The van der Waals surface area contributed by atoms with Crippen LogP contribution in [0.2, 0.25) is 0 Å². The molecule has 1 aromatic heterocycles. The summed E-state index contributed by atoms with van der Waals surface area (Å²) in [6.45, 7) is 2.87. The van der Waals surface area contributed by atoms with Gasteiger partial charge in [-0.2, -0.15) is 4.80 Å². The molecule has 0 fully saturated rings. The topological polar surface area (TPSA) is 52.8 Å². The molecular weight excluding hydrogens is 204 g/mol. The second-order valence-electron chi connectivity index (χ2n) is 3.44. The maximum Gasteiger partial charge on any atom is 0.204 e. The van der Waals surface area contributed by atoms with Crippen LogP contribution < -0.4 is 4.74 Å². The average molecular weight is 218 g/mol. The molecule has 0 unspecified atom stereocenters. The molecule has 16 heavy (non-hydrogen) atoms. The number of rotatable bonds is 4. The fraction of sp³-hybridized carbons (Fsp3) is 0.364. The number of tetrazole rings is 1. The minimum Gasteiger partial charge on any atom is -0.497 e. The molecule has 1 aromatic carbocycles. The van der Waals surface area contributed by atoms with Gasteiger partial charge in [-0.1, -0.05) is 6.92 Å². The Kier molecular flexibility index (Phi) is 3.14. The van der Waals surface area contributed by atoms with E-state index >= 15 is 0 Å². The summed E-state index contributed by atoms with van der Waals surface area (Å²) in [6, 6.07) is 7.62. The number of hydrogen-bond donors (Lipinski definition) is 0. The largest absolute Gasteiger partial charge is 0.497 e. The Morgan fingerprint density at radius 3 is 2.62 bits per heavy atom. The molecule has 0 amide bonds. The third-order valence-electron chi connectivity index (χ3n) is 2.22. The van der Waals surface area contributed by atoms with E-state index in [4.69, 9.17) is 4.74 Å². The molecule has 0 bridgehead atoms. The van der Waals surface area contributed by atoms with Crippen molar-refractivity contribution < 1.29 is 4.74 Å². The van der Waals surface area contributed by atoms with Crippen LogP contribution in [0.4, 0.5) is 0 Å². The molecule has 1 heterocycles. The van der Waals surface area contributed by atoms with E-state index in [1.807, 2.05) is 24.3 Å². The molecule has 5 nitrogen and oxygen atoms in total. The SMILES string of the molecule is CCCn1nnc(-c2ccc(OC)cc2)n1. The first-order valence-corrected chi connectivity index (χ1v) is 5.25. The highest BCUT2D eigenvalue weighted by Crippen LogP contribution is 2.18.